The number of carbonyl (C=O) groups excluding carboxylic acids is 1. The Bertz CT molecular complexity index is 617. The van der Waals surface area contributed by atoms with Gasteiger partial charge in [-0.3, -0.25) is 4.79 Å². The van der Waals surface area contributed by atoms with Crippen molar-refractivity contribution in [3.05, 3.63) is 77.4 Å². The third-order valence-corrected chi connectivity index (χ3v) is 3.91. The maximum atomic E-state index is 12.4. The number of hydrogen-bond acceptors (Lipinski definition) is 2. The zero-order valence-corrected chi connectivity index (χ0v) is 12.3. The van der Waals surface area contributed by atoms with Gasteiger partial charge in [-0.1, -0.05) is 60.7 Å². The third-order valence-electron chi connectivity index (χ3n) is 3.91. The summed E-state index contributed by atoms with van der Waals surface area (Å²) in [6.07, 6.45) is 0.606. The zero-order chi connectivity index (χ0) is 14.7. The predicted molar refractivity (Wildman–Crippen MR) is 86.0 cm³/mol. The number of rotatable bonds is 2. The molecule has 2 nitrogen and oxygen atoms in total. The number of benzene rings is 2. The van der Waals surface area contributed by atoms with Crippen molar-refractivity contribution < 1.29 is 4.79 Å². The van der Waals surface area contributed by atoms with Crippen molar-refractivity contribution in [1.82, 2.24) is 4.90 Å². The number of likely N-dealkylation sites (N-methyl/N-ethyl adjacent to an activating group) is 1. The highest BCUT2D eigenvalue weighted by Gasteiger charge is 2.23. The molecule has 2 heteroatoms. The van der Waals surface area contributed by atoms with E-state index in [0.29, 0.717) is 6.42 Å². The fraction of sp³-hybridized carbons (Fsp3) is 0.211. The molecular formula is C19H19NO. The van der Waals surface area contributed by atoms with Crippen molar-refractivity contribution in [2.75, 3.05) is 20.1 Å². The van der Waals surface area contributed by atoms with Gasteiger partial charge in [0.2, 0.25) is 0 Å². The highest BCUT2D eigenvalue weighted by molar-refractivity contribution is 6.06. The molecule has 1 aliphatic rings. The van der Waals surface area contributed by atoms with Gasteiger partial charge >= 0.3 is 0 Å². The van der Waals surface area contributed by atoms with Crippen molar-refractivity contribution in [2.24, 2.45) is 0 Å². The molecule has 1 saturated heterocycles. The van der Waals surface area contributed by atoms with Gasteiger partial charge in [-0.15, -0.1) is 0 Å². The Balaban J connectivity index is 2.19. The summed E-state index contributed by atoms with van der Waals surface area (Å²) in [4.78, 5) is 14.7. The third kappa shape index (κ3) is 2.96. The standard InChI is InChI=1S/C19H19NO/c1-20-13-12-18(21)17(14-20)19(15-8-4-2-5-9-15)16-10-6-3-7-11-16/h2-11H,12-14H2,1H3. The van der Waals surface area contributed by atoms with Gasteiger partial charge in [0.05, 0.1) is 0 Å². The molecule has 0 bridgehead atoms. The molecule has 1 fully saturated rings. The van der Waals surface area contributed by atoms with Crippen LogP contribution in [0.5, 0.6) is 0 Å². The molecule has 3 rings (SSSR count). The van der Waals surface area contributed by atoms with Crippen LogP contribution >= 0.6 is 0 Å². The van der Waals surface area contributed by atoms with Crippen LogP contribution in [-0.4, -0.2) is 30.8 Å². The Morgan fingerprint density at radius 1 is 0.905 bits per heavy atom. The van der Waals surface area contributed by atoms with E-state index >= 15 is 0 Å². The molecule has 0 amide bonds. The topological polar surface area (TPSA) is 20.3 Å². The quantitative estimate of drug-likeness (QED) is 0.784. The van der Waals surface area contributed by atoms with Crippen molar-refractivity contribution in [2.45, 2.75) is 6.42 Å². The predicted octanol–water partition coefficient (Wildman–Crippen LogP) is 3.39. The van der Waals surface area contributed by atoms with Gasteiger partial charge in [0.25, 0.3) is 0 Å². The maximum absolute atomic E-state index is 12.4. The lowest BCUT2D eigenvalue weighted by Crippen LogP contribution is -2.33. The molecule has 1 heterocycles. The second kappa shape index (κ2) is 6.06. The molecule has 0 radical (unpaired) electrons. The zero-order valence-electron chi connectivity index (χ0n) is 12.3. The monoisotopic (exact) mass is 277 g/mol. The highest BCUT2D eigenvalue weighted by Crippen LogP contribution is 2.29. The van der Waals surface area contributed by atoms with Crippen molar-refractivity contribution in [1.29, 1.82) is 0 Å². The Morgan fingerprint density at radius 3 is 1.95 bits per heavy atom. The molecule has 0 saturated carbocycles. The first-order valence-corrected chi connectivity index (χ1v) is 7.31. The summed E-state index contributed by atoms with van der Waals surface area (Å²) in [5.74, 6) is 0.274. The number of likely N-dealkylation sites (tertiary alicyclic amines) is 1. The minimum Gasteiger partial charge on any atom is -0.302 e. The number of piperidine rings is 1. The van der Waals surface area contributed by atoms with Gasteiger partial charge in [0, 0.05) is 25.1 Å². The summed E-state index contributed by atoms with van der Waals surface area (Å²) in [7, 11) is 2.07. The van der Waals surface area contributed by atoms with Crippen molar-refractivity contribution in [3.63, 3.8) is 0 Å². The normalized spacial score (nSPS) is 16.0. The van der Waals surface area contributed by atoms with E-state index in [1.165, 1.54) is 0 Å². The molecule has 2 aromatic carbocycles. The van der Waals surface area contributed by atoms with Crippen LogP contribution in [0, 0.1) is 0 Å². The van der Waals surface area contributed by atoms with Crippen LogP contribution in [0.2, 0.25) is 0 Å². The average Bonchev–Trinajstić information content (AvgIpc) is 2.53. The van der Waals surface area contributed by atoms with Gasteiger partial charge in [-0.05, 0) is 23.7 Å². The van der Waals surface area contributed by atoms with Crippen LogP contribution in [0.15, 0.2) is 66.2 Å². The number of ketones is 1. The van der Waals surface area contributed by atoms with Crippen LogP contribution in [0.3, 0.4) is 0 Å². The summed E-state index contributed by atoms with van der Waals surface area (Å²) in [6.45, 7) is 1.57. The van der Waals surface area contributed by atoms with E-state index in [0.717, 1.165) is 35.4 Å². The summed E-state index contributed by atoms with van der Waals surface area (Å²) in [5.41, 5.74) is 4.23. The maximum Gasteiger partial charge on any atom is 0.162 e. The van der Waals surface area contributed by atoms with Crippen molar-refractivity contribution in [3.8, 4) is 0 Å². The Labute approximate surface area is 125 Å². The van der Waals surface area contributed by atoms with E-state index in [9.17, 15) is 4.79 Å². The average molecular weight is 277 g/mol. The van der Waals surface area contributed by atoms with E-state index in [-0.39, 0.29) is 5.78 Å². The fourth-order valence-corrected chi connectivity index (χ4v) is 2.82. The lowest BCUT2D eigenvalue weighted by molar-refractivity contribution is -0.117. The first-order chi connectivity index (χ1) is 10.3. The van der Waals surface area contributed by atoms with E-state index in [1.54, 1.807) is 0 Å². The van der Waals surface area contributed by atoms with Gasteiger partial charge < -0.3 is 4.90 Å². The molecule has 0 N–H and O–H groups in total. The smallest absolute Gasteiger partial charge is 0.162 e. The Morgan fingerprint density at radius 2 is 1.43 bits per heavy atom. The second-order valence-electron chi connectivity index (χ2n) is 5.50. The van der Waals surface area contributed by atoms with Crippen LogP contribution in [0.4, 0.5) is 0 Å². The molecule has 1 aliphatic heterocycles. The first-order valence-electron chi connectivity index (χ1n) is 7.31. The van der Waals surface area contributed by atoms with Crippen LogP contribution in [-0.2, 0) is 4.79 Å². The Kier molecular flexibility index (Phi) is 3.98. The van der Waals surface area contributed by atoms with E-state index in [1.807, 2.05) is 36.4 Å². The molecular weight excluding hydrogens is 258 g/mol. The number of nitrogens with zero attached hydrogens (tertiary/aromatic N) is 1. The summed E-state index contributed by atoms with van der Waals surface area (Å²) >= 11 is 0. The van der Waals surface area contributed by atoms with Crippen molar-refractivity contribution >= 4 is 11.4 Å². The lowest BCUT2D eigenvalue weighted by atomic mass is 9.88. The number of Topliss-reactive ketones (excluding diaryl/α,β-unsaturated/α-hetero) is 1. The number of hydrogen-bond donors (Lipinski definition) is 0. The summed E-state index contributed by atoms with van der Waals surface area (Å²) in [6, 6.07) is 20.4. The SMILES string of the molecule is CN1CCC(=O)C(=C(c2ccccc2)c2ccccc2)C1. The molecule has 0 spiro atoms. The summed E-state index contributed by atoms with van der Waals surface area (Å²) < 4.78 is 0. The van der Waals surface area contributed by atoms with Gasteiger partial charge in [-0.2, -0.15) is 0 Å². The van der Waals surface area contributed by atoms with Gasteiger partial charge in [0.15, 0.2) is 5.78 Å². The van der Waals surface area contributed by atoms with Crippen LogP contribution < -0.4 is 0 Å². The van der Waals surface area contributed by atoms with E-state index in [4.69, 9.17) is 0 Å². The second-order valence-corrected chi connectivity index (χ2v) is 5.50. The van der Waals surface area contributed by atoms with E-state index < -0.39 is 0 Å². The lowest BCUT2D eigenvalue weighted by Gasteiger charge is -2.26. The first kappa shape index (κ1) is 13.8. The van der Waals surface area contributed by atoms with E-state index in [2.05, 4.69) is 36.2 Å². The highest BCUT2D eigenvalue weighted by atomic mass is 16.1. The summed E-state index contributed by atoms with van der Waals surface area (Å²) in [5, 5.41) is 0. The molecule has 2 aromatic rings. The molecule has 0 atom stereocenters. The molecule has 0 aliphatic carbocycles. The largest absolute Gasteiger partial charge is 0.302 e. The minimum absolute atomic E-state index is 0.274. The number of carbonyl (C=O) groups is 1. The fourth-order valence-electron chi connectivity index (χ4n) is 2.82. The molecule has 106 valence electrons. The molecule has 0 unspecified atom stereocenters. The van der Waals surface area contributed by atoms with Gasteiger partial charge in [0.1, 0.15) is 0 Å². The molecule has 0 aromatic heterocycles. The van der Waals surface area contributed by atoms with Crippen LogP contribution in [0.1, 0.15) is 17.5 Å². The minimum atomic E-state index is 0.274. The van der Waals surface area contributed by atoms with Gasteiger partial charge in [-0.25, -0.2) is 0 Å². The molecule has 21 heavy (non-hydrogen) atoms. The Hall–Kier alpha value is -2.19. The van der Waals surface area contributed by atoms with Crippen LogP contribution in [0.25, 0.3) is 5.57 Å².